The third-order valence-corrected chi connectivity index (χ3v) is 3.34. The summed E-state index contributed by atoms with van der Waals surface area (Å²) in [5.74, 6) is 6.61. The van der Waals surface area contributed by atoms with Gasteiger partial charge in [-0.2, -0.15) is 8.61 Å². The van der Waals surface area contributed by atoms with Crippen LogP contribution in [0.25, 0.3) is 0 Å². The van der Waals surface area contributed by atoms with Crippen LogP contribution in [0.4, 0.5) is 0 Å². The molecule has 0 spiro atoms. The zero-order chi connectivity index (χ0) is 12.5. The van der Waals surface area contributed by atoms with E-state index >= 15 is 0 Å². The number of hydrogen-bond acceptors (Lipinski definition) is 2. The Balaban J connectivity index is 2.45. The second-order valence-electron chi connectivity index (χ2n) is 4.08. The molecule has 0 aromatic carbocycles. The largest absolute Gasteiger partial charge is 0.383 e. The highest BCUT2D eigenvalue weighted by Gasteiger charge is 2.23. The Morgan fingerprint density at radius 3 is 2.82 bits per heavy atom. The standard InChI is InChI=1S/C13H13NO2S/c1-4-7-13(3)8-5-11-10(2)14-17(15)16-12(11)6-9-13/h5-6,8-9H,1-3H3. The molecule has 0 radical (unpaired) electrons. The van der Waals surface area contributed by atoms with Crippen LogP contribution in [0, 0.1) is 17.3 Å². The highest BCUT2D eigenvalue weighted by Crippen LogP contribution is 2.29. The molecule has 2 rings (SSSR count). The van der Waals surface area contributed by atoms with E-state index in [0.717, 1.165) is 11.3 Å². The van der Waals surface area contributed by atoms with Crippen molar-refractivity contribution in [3.8, 4) is 11.8 Å². The minimum Gasteiger partial charge on any atom is -0.383 e. The van der Waals surface area contributed by atoms with Gasteiger partial charge >= 0.3 is 11.3 Å². The topological polar surface area (TPSA) is 38.7 Å². The summed E-state index contributed by atoms with van der Waals surface area (Å²) in [7, 11) is 0. The van der Waals surface area contributed by atoms with Crippen molar-refractivity contribution < 1.29 is 8.39 Å². The Bertz CT molecular complexity index is 558. The Kier molecular flexibility index (Phi) is 3.03. The summed E-state index contributed by atoms with van der Waals surface area (Å²) in [5, 5.41) is 0. The SMILES string of the molecule is CC#CC1(C)C=CC2=C(C=C1)C(C)=NS(=O)O2. The first-order valence-corrected chi connectivity index (χ1v) is 6.30. The molecule has 0 aromatic heterocycles. The minimum atomic E-state index is -1.62. The second kappa shape index (κ2) is 4.34. The van der Waals surface area contributed by atoms with E-state index in [2.05, 4.69) is 16.2 Å². The van der Waals surface area contributed by atoms with Crippen LogP contribution in [-0.2, 0) is 15.4 Å². The number of hydrogen-bond donors (Lipinski definition) is 0. The quantitative estimate of drug-likeness (QED) is 0.617. The van der Waals surface area contributed by atoms with Crippen molar-refractivity contribution in [3.63, 3.8) is 0 Å². The van der Waals surface area contributed by atoms with Crippen LogP contribution in [0.2, 0.25) is 0 Å². The second-order valence-corrected chi connectivity index (χ2v) is 4.86. The van der Waals surface area contributed by atoms with E-state index in [1.165, 1.54) is 0 Å². The molecular formula is C13H13NO2S. The molecule has 2 unspecified atom stereocenters. The smallest absolute Gasteiger partial charge is 0.339 e. The van der Waals surface area contributed by atoms with Crippen LogP contribution in [0.5, 0.6) is 0 Å². The van der Waals surface area contributed by atoms with Gasteiger partial charge in [-0.3, -0.25) is 0 Å². The van der Waals surface area contributed by atoms with Gasteiger partial charge in [0.2, 0.25) is 0 Å². The molecule has 88 valence electrons. The van der Waals surface area contributed by atoms with Crippen molar-refractivity contribution in [2.24, 2.45) is 9.81 Å². The fourth-order valence-electron chi connectivity index (χ4n) is 1.71. The third-order valence-electron chi connectivity index (χ3n) is 2.60. The molecule has 2 atom stereocenters. The summed E-state index contributed by atoms with van der Waals surface area (Å²) in [4.78, 5) is 0. The van der Waals surface area contributed by atoms with Crippen molar-refractivity contribution in [3.05, 3.63) is 35.6 Å². The van der Waals surface area contributed by atoms with Gasteiger partial charge in [0.25, 0.3) is 0 Å². The van der Waals surface area contributed by atoms with Crippen LogP contribution < -0.4 is 0 Å². The lowest BCUT2D eigenvalue weighted by atomic mass is 9.91. The molecule has 0 saturated heterocycles. The van der Waals surface area contributed by atoms with Gasteiger partial charge in [0, 0.05) is 5.57 Å². The van der Waals surface area contributed by atoms with E-state index in [4.69, 9.17) is 4.18 Å². The van der Waals surface area contributed by atoms with Crippen LogP contribution in [-0.4, -0.2) is 9.92 Å². The maximum absolute atomic E-state index is 11.3. The van der Waals surface area contributed by atoms with E-state index in [0.29, 0.717) is 5.76 Å². The summed E-state index contributed by atoms with van der Waals surface area (Å²) in [6.45, 7) is 5.64. The molecule has 0 bridgehead atoms. The lowest BCUT2D eigenvalue weighted by molar-refractivity contribution is 0.468. The molecule has 0 amide bonds. The highest BCUT2D eigenvalue weighted by atomic mass is 32.2. The molecule has 0 N–H and O–H groups in total. The van der Waals surface area contributed by atoms with Crippen molar-refractivity contribution in [1.82, 2.24) is 0 Å². The van der Waals surface area contributed by atoms with E-state index in [1.807, 2.05) is 45.1 Å². The summed E-state index contributed by atoms with van der Waals surface area (Å²) >= 11 is -1.62. The molecule has 0 fully saturated rings. The van der Waals surface area contributed by atoms with Crippen molar-refractivity contribution in [2.75, 3.05) is 0 Å². The fourth-order valence-corrected chi connectivity index (χ4v) is 2.37. The molecule has 2 aliphatic rings. The van der Waals surface area contributed by atoms with Gasteiger partial charge in [0.05, 0.1) is 11.1 Å². The first kappa shape index (κ1) is 11.9. The Morgan fingerprint density at radius 2 is 2.12 bits per heavy atom. The molecule has 4 heteroatoms. The van der Waals surface area contributed by atoms with Crippen LogP contribution in [0.15, 0.2) is 40.0 Å². The first-order valence-electron chi connectivity index (χ1n) is 5.27. The van der Waals surface area contributed by atoms with Crippen molar-refractivity contribution in [2.45, 2.75) is 20.8 Å². The third kappa shape index (κ3) is 2.40. The lowest BCUT2D eigenvalue weighted by Gasteiger charge is -2.12. The Labute approximate surface area is 104 Å². The molecule has 1 aliphatic heterocycles. The van der Waals surface area contributed by atoms with Gasteiger partial charge in [0.15, 0.2) is 5.76 Å². The first-order chi connectivity index (χ1) is 8.04. The molecule has 17 heavy (non-hydrogen) atoms. The number of allylic oxidation sites excluding steroid dienone is 5. The lowest BCUT2D eigenvalue weighted by Crippen LogP contribution is -2.09. The van der Waals surface area contributed by atoms with Crippen LogP contribution in [0.1, 0.15) is 20.8 Å². The maximum Gasteiger partial charge on any atom is 0.339 e. The van der Waals surface area contributed by atoms with Crippen LogP contribution in [0.3, 0.4) is 0 Å². The zero-order valence-corrected chi connectivity index (χ0v) is 10.8. The van der Waals surface area contributed by atoms with Crippen molar-refractivity contribution >= 4 is 17.0 Å². The van der Waals surface area contributed by atoms with E-state index in [9.17, 15) is 4.21 Å². The van der Waals surface area contributed by atoms with E-state index in [1.54, 1.807) is 0 Å². The Morgan fingerprint density at radius 1 is 1.41 bits per heavy atom. The van der Waals surface area contributed by atoms with Gasteiger partial charge in [-0.05, 0) is 26.8 Å². The van der Waals surface area contributed by atoms with E-state index < -0.39 is 11.3 Å². The molecule has 1 heterocycles. The fraction of sp³-hybridized carbons (Fsp3) is 0.308. The molecule has 3 nitrogen and oxygen atoms in total. The van der Waals surface area contributed by atoms with Gasteiger partial charge < -0.3 is 4.18 Å². The Hall–Kier alpha value is -1.60. The minimum absolute atomic E-state index is 0.322. The summed E-state index contributed by atoms with van der Waals surface area (Å²) < 4.78 is 20.4. The monoisotopic (exact) mass is 247 g/mol. The van der Waals surface area contributed by atoms with Crippen LogP contribution >= 0.6 is 0 Å². The average Bonchev–Trinajstić information content (AvgIpc) is 2.40. The molecule has 0 saturated carbocycles. The van der Waals surface area contributed by atoms with Crippen molar-refractivity contribution in [1.29, 1.82) is 0 Å². The van der Waals surface area contributed by atoms with Gasteiger partial charge in [-0.15, -0.1) is 5.92 Å². The normalized spacial score (nSPS) is 30.8. The summed E-state index contributed by atoms with van der Waals surface area (Å²) in [5.41, 5.74) is 1.26. The highest BCUT2D eigenvalue weighted by molar-refractivity contribution is 7.79. The summed E-state index contributed by atoms with van der Waals surface area (Å²) in [6.07, 6.45) is 7.68. The number of nitrogens with zero attached hydrogens (tertiary/aromatic N) is 1. The van der Waals surface area contributed by atoms with Gasteiger partial charge in [-0.1, -0.05) is 24.1 Å². The average molecular weight is 247 g/mol. The maximum atomic E-state index is 11.3. The molecular weight excluding hydrogens is 234 g/mol. The number of rotatable bonds is 0. The predicted octanol–water partition coefficient (Wildman–Crippen LogP) is 2.47. The zero-order valence-electron chi connectivity index (χ0n) is 9.98. The van der Waals surface area contributed by atoms with Gasteiger partial charge in [0.1, 0.15) is 0 Å². The summed E-state index contributed by atoms with van der Waals surface area (Å²) in [6, 6.07) is 0. The molecule has 0 aromatic rings. The van der Waals surface area contributed by atoms with E-state index in [-0.39, 0.29) is 5.41 Å². The van der Waals surface area contributed by atoms with Gasteiger partial charge in [-0.25, -0.2) is 0 Å². The molecule has 1 aliphatic carbocycles. The predicted molar refractivity (Wildman–Crippen MR) is 69.2 cm³/mol.